The van der Waals surface area contributed by atoms with Crippen molar-refractivity contribution in [1.82, 2.24) is 14.9 Å². The number of non-ortho nitro benzene ring substituents is 1. The molecule has 164 valence electrons. The van der Waals surface area contributed by atoms with Gasteiger partial charge in [0.2, 0.25) is 10.0 Å². The number of rotatable bonds is 9. The van der Waals surface area contributed by atoms with Crippen LogP contribution in [0.2, 0.25) is 0 Å². The summed E-state index contributed by atoms with van der Waals surface area (Å²) < 4.78 is 32.5. The van der Waals surface area contributed by atoms with Crippen molar-refractivity contribution in [2.75, 3.05) is 46.4 Å². The first-order chi connectivity index (χ1) is 13.3. The number of hydrogen-bond acceptors (Lipinski definition) is 6. The highest BCUT2D eigenvalue weighted by molar-refractivity contribution is 14.0. The van der Waals surface area contributed by atoms with E-state index in [-0.39, 0.29) is 47.6 Å². The summed E-state index contributed by atoms with van der Waals surface area (Å²) in [6.45, 7) is 5.32. The first-order valence-electron chi connectivity index (χ1n) is 9.14. The summed E-state index contributed by atoms with van der Waals surface area (Å²) in [7, 11) is -1.90. The molecule has 2 N–H and O–H groups in total. The van der Waals surface area contributed by atoms with Crippen molar-refractivity contribution in [3.63, 3.8) is 0 Å². The second-order valence-electron chi connectivity index (χ2n) is 6.50. The molecule has 0 amide bonds. The molecule has 0 saturated carbocycles. The van der Waals surface area contributed by atoms with Crippen LogP contribution in [0.4, 0.5) is 5.69 Å². The van der Waals surface area contributed by atoms with Crippen LogP contribution in [0.25, 0.3) is 0 Å². The fourth-order valence-corrected chi connectivity index (χ4v) is 3.92. The van der Waals surface area contributed by atoms with E-state index in [2.05, 4.69) is 15.0 Å². The Morgan fingerprint density at radius 2 is 2.21 bits per heavy atom. The van der Waals surface area contributed by atoms with Crippen molar-refractivity contribution in [3.05, 3.63) is 34.4 Å². The maximum atomic E-state index is 12.3. The minimum absolute atomic E-state index is 0. The van der Waals surface area contributed by atoms with Crippen molar-refractivity contribution in [3.8, 4) is 0 Å². The standard InChI is InChI=1S/C17H27N5O5S.HI/c1-3-18-17(21(2)12-14-7-10-27-13-14)19-8-9-20-28(25,26)16-6-4-5-15(11-16)22(23)24;/h4-6,11,14,20H,3,7-10,12-13H2,1-2H3,(H,18,19);1H. The van der Waals surface area contributed by atoms with Crippen LogP contribution in [-0.2, 0) is 14.8 Å². The van der Waals surface area contributed by atoms with Gasteiger partial charge in [-0.15, -0.1) is 24.0 Å². The highest BCUT2D eigenvalue weighted by atomic mass is 127. The summed E-state index contributed by atoms with van der Waals surface area (Å²) in [6, 6.07) is 4.94. The summed E-state index contributed by atoms with van der Waals surface area (Å²) in [4.78, 5) is 16.5. The number of aliphatic imine (C=N–C) groups is 1. The molecule has 29 heavy (non-hydrogen) atoms. The first-order valence-corrected chi connectivity index (χ1v) is 10.6. The summed E-state index contributed by atoms with van der Waals surface area (Å²) in [6.07, 6.45) is 1.02. The molecule has 1 aromatic carbocycles. The highest BCUT2D eigenvalue weighted by Crippen LogP contribution is 2.17. The van der Waals surface area contributed by atoms with E-state index in [1.54, 1.807) is 0 Å². The van der Waals surface area contributed by atoms with Crippen molar-refractivity contribution < 1.29 is 18.1 Å². The molecule has 12 heteroatoms. The summed E-state index contributed by atoms with van der Waals surface area (Å²) in [5.41, 5.74) is -0.271. The largest absolute Gasteiger partial charge is 0.381 e. The second kappa shape index (κ2) is 12.2. The van der Waals surface area contributed by atoms with E-state index >= 15 is 0 Å². The van der Waals surface area contributed by atoms with Crippen LogP contribution in [0.15, 0.2) is 34.2 Å². The molecule has 1 aromatic rings. The van der Waals surface area contributed by atoms with Crippen molar-refractivity contribution in [1.29, 1.82) is 0 Å². The molecule has 0 aliphatic carbocycles. The zero-order chi connectivity index (χ0) is 20.6. The molecule has 1 atom stereocenters. The Labute approximate surface area is 188 Å². The number of nitro benzene ring substituents is 1. The van der Waals surface area contributed by atoms with Crippen LogP contribution < -0.4 is 10.0 Å². The Morgan fingerprint density at radius 1 is 1.45 bits per heavy atom. The Bertz CT molecular complexity index is 799. The molecule has 0 spiro atoms. The maximum absolute atomic E-state index is 12.3. The minimum Gasteiger partial charge on any atom is -0.381 e. The van der Waals surface area contributed by atoms with E-state index in [1.165, 1.54) is 18.2 Å². The number of nitro groups is 1. The Kier molecular flexibility index (Phi) is 10.8. The van der Waals surface area contributed by atoms with Gasteiger partial charge in [0.05, 0.1) is 23.0 Å². The number of hydrogen-bond donors (Lipinski definition) is 2. The summed E-state index contributed by atoms with van der Waals surface area (Å²) in [5.74, 6) is 1.16. The van der Waals surface area contributed by atoms with Gasteiger partial charge >= 0.3 is 0 Å². The number of halogens is 1. The topological polar surface area (TPSA) is 126 Å². The Morgan fingerprint density at radius 3 is 2.83 bits per heavy atom. The third-order valence-electron chi connectivity index (χ3n) is 4.26. The quantitative estimate of drug-likeness (QED) is 0.121. The number of nitrogens with zero attached hydrogens (tertiary/aromatic N) is 3. The fourth-order valence-electron chi connectivity index (χ4n) is 2.86. The van der Waals surface area contributed by atoms with Gasteiger partial charge in [0.25, 0.3) is 5.69 Å². The lowest BCUT2D eigenvalue weighted by atomic mass is 10.1. The molecule has 1 heterocycles. The lowest BCUT2D eigenvalue weighted by Gasteiger charge is -2.24. The molecule has 1 saturated heterocycles. The van der Waals surface area contributed by atoms with Crippen LogP contribution in [-0.4, -0.2) is 70.6 Å². The third-order valence-corrected chi connectivity index (χ3v) is 5.72. The summed E-state index contributed by atoms with van der Waals surface area (Å²) >= 11 is 0. The van der Waals surface area contributed by atoms with Crippen LogP contribution in [0.5, 0.6) is 0 Å². The van der Waals surface area contributed by atoms with Gasteiger partial charge < -0.3 is 15.0 Å². The second-order valence-corrected chi connectivity index (χ2v) is 8.26. The van der Waals surface area contributed by atoms with E-state index < -0.39 is 14.9 Å². The molecule has 0 radical (unpaired) electrons. The van der Waals surface area contributed by atoms with Crippen molar-refractivity contribution >= 4 is 45.6 Å². The molecule has 1 aliphatic heterocycles. The number of nitrogens with one attached hydrogen (secondary N) is 2. The van der Waals surface area contributed by atoms with Gasteiger partial charge in [-0.25, -0.2) is 13.1 Å². The van der Waals surface area contributed by atoms with E-state index in [4.69, 9.17) is 4.74 Å². The van der Waals surface area contributed by atoms with Gasteiger partial charge in [-0.05, 0) is 19.4 Å². The number of benzene rings is 1. The van der Waals surface area contributed by atoms with Crippen LogP contribution in [0, 0.1) is 16.0 Å². The fraction of sp³-hybridized carbons (Fsp3) is 0.588. The monoisotopic (exact) mass is 541 g/mol. The zero-order valence-corrected chi connectivity index (χ0v) is 19.7. The molecule has 1 fully saturated rings. The van der Waals surface area contributed by atoms with Crippen molar-refractivity contribution in [2.24, 2.45) is 10.9 Å². The molecule has 1 unspecified atom stereocenters. The number of ether oxygens (including phenoxy) is 1. The van der Waals surface area contributed by atoms with Crippen LogP contribution >= 0.6 is 24.0 Å². The van der Waals surface area contributed by atoms with E-state index in [1.807, 2.05) is 18.9 Å². The molecule has 0 bridgehead atoms. The van der Waals surface area contributed by atoms with Crippen LogP contribution in [0.1, 0.15) is 13.3 Å². The van der Waals surface area contributed by atoms with Gasteiger partial charge in [0.1, 0.15) is 0 Å². The summed E-state index contributed by atoms with van der Waals surface area (Å²) in [5, 5.41) is 14.0. The average Bonchev–Trinajstić information content (AvgIpc) is 3.17. The third kappa shape index (κ3) is 8.03. The lowest BCUT2D eigenvalue weighted by molar-refractivity contribution is -0.385. The minimum atomic E-state index is -3.84. The molecule has 0 aromatic heterocycles. The van der Waals surface area contributed by atoms with Gasteiger partial charge in [0.15, 0.2) is 5.96 Å². The normalized spacial score (nSPS) is 16.9. The van der Waals surface area contributed by atoms with Gasteiger partial charge in [0, 0.05) is 51.3 Å². The molecular formula is C17H28IN5O5S. The molecular weight excluding hydrogens is 513 g/mol. The smallest absolute Gasteiger partial charge is 0.270 e. The first kappa shape index (κ1) is 25.5. The van der Waals surface area contributed by atoms with Crippen LogP contribution in [0.3, 0.4) is 0 Å². The van der Waals surface area contributed by atoms with E-state index in [0.29, 0.717) is 18.4 Å². The zero-order valence-electron chi connectivity index (χ0n) is 16.5. The highest BCUT2D eigenvalue weighted by Gasteiger charge is 2.19. The SMILES string of the molecule is CCNC(=NCCNS(=O)(=O)c1cccc([N+](=O)[O-])c1)N(C)CC1CCOC1.I. The predicted octanol–water partition coefficient (Wildman–Crippen LogP) is 1.42. The van der Waals surface area contributed by atoms with Crippen molar-refractivity contribution in [2.45, 2.75) is 18.2 Å². The predicted molar refractivity (Wildman–Crippen MR) is 121 cm³/mol. The Hall–Kier alpha value is -1.51. The van der Waals surface area contributed by atoms with Gasteiger partial charge in [-0.3, -0.25) is 15.1 Å². The number of sulfonamides is 1. The Balaban J connectivity index is 0.00000420. The van der Waals surface area contributed by atoms with Gasteiger partial charge in [-0.2, -0.15) is 0 Å². The maximum Gasteiger partial charge on any atom is 0.270 e. The average molecular weight is 541 g/mol. The van der Waals surface area contributed by atoms with Gasteiger partial charge in [-0.1, -0.05) is 6.07 Å². The lowest BCUT2D eigenvalue weighted by Crippen LogP contribution is -2.42. The molecule has 2 rings (SSSR count). The number of guanidine groups is 1. The van der Waals surface area contributed by atoms with E-state index in [9.17, 15) is 18.5 Å². The molecule has 1 aliphatic rings. The molecule has 10 nitrogen and oxygen atoms in total. The van der Waals surface area contributed by atoms with E-state index in [0.717, 1.165) is 32.2 Å².